The van der Waals surface area contributed by atoms with Crippen molar-refractivity contribution in [3.05, 3.63) is 52.5 Å². The summed E-state index contributed by atoms with van der Waals surface area (Å²) in [5.74, 6) is 1.42. The van der Waals surface area contributed by atoms with Gasteiger partial charge in [-0.2, -0.15) is 0 Å². The van der Waals surface area contributed by atoms with E-state index in [0.717, 1.165) is 54.8 Å². The van der Waals surface area contributed by atoms with Gasteiger partial charge in [-0.15, -0.1) is 0 Å². The Morgan fingerprint density at radius 1 is 1.18 bits per heavy atom. The maximum Gasteiger partial charge on any atom is 0.251 e. The van der Waals surface area contributed by atoms with E-state index < -0.39 is 9.84 Å². The first-order chi connectivity index (χ1) is 13.2. The molecule has 1 aromatic carbocycles. The van der Waals surface area contributed by atoms with Gasteiger partial charge < -0.3 is 9.73 Å². The molecule has 1 aromatic heterocycles. The second-order valence-corrected chi connectivity index (χ2v) is 9.62. The van der Waals surface area contributed by atoms with Crippen LogP contribution in [0.2, 0.25) is 0 Å². The molecule has 0 aliphatic carbocycles. The minimum Gasteiger partial charge on any atom is -0.465 e. The monoisotopic (exact) mass is 404 g/mol. The Hall–Kier alpha value is -2.12. The van der Waals surface area contributed by atoms with Crippen molar-refractivity contribution in [1.82, 2.24) is 10.2 Å². The summed E-state index contributed by atoms with van der Waals surface area (Å²) in [6.07, 6.45) is 3.43. The van der Waals surface area contributed by atoms with Crippen molar-refractivity contribution in [1.29, 1.82) is 0 Å². The number of carbonyl (C=O) groups excluding carboxylic acids is 1. The predicted molar refractivity (Wildman–Crippen MR) is 108 cm³/mol. The molecule has 1 saturated heterocycles. The van der Waals surface area contributed by atoms with Crippen molar-refractivity contribution in [2.24, 2.45) is 0 Å². The average Bonchev–Trinajstić information content (AvgIpc) is 3.28. The van der Waals surface area contributed by atoms with Crippen LogP contribution in [0.3, 0.4) is 0 Å². The van der Waals surface area contributed by atoms with E-state index in [1.807, 2.05) is 32.9 Å². The highest BCUT2D eigenvalue weighted by Gasteiger charge is 2.27. The molecule has 0 bridgehead atoms. The van der Waals surface area contributed by atoms with Gasteiger partial charge in [-0.1, -0.05) is 0 Å². The Bertz CT molecular complexity index is 972. The van der Waals surface area contributed by atoms with Crippen molar-refractivity contribution in [3.63, 3.8) is 0 Å². The van der Waals surface area contributed by atoms with E-state index in [2.05, 4.69) is 10.2 Å². The smallest absolute Gasteiger partial charge is 0.251 e. The molecule has 0 saturated carbocycles. The van der Waals surface area contributed by atoms with Crippen molar-refractivity contribution in [2.45, 2.75) is 44.6 Å². The number of furan rings is 1. The van der Waals surface area contributed by atoms with Crippen LogP contribution in [0.1, 0.15) is 51.9 Å². The van der Waals surface area contributed by atoms with Crippen LogP contribution in [-0.4, -0.2) is 45.1 Å². The third-order valence-electron chi connectivity index (χ3n) is 5.44. The second kappa shape index (κ2) is 8.09. The molecule has 2 heterocycles. The van der Waals surface area contributed by atoms with Gasteiger partial charge in [0.25, 0.3) is 5.91 Å². The fourth-order valence-corrected chi connectivity index (χ4v) is 4.38. The van der Waals surface area contributed by atoms with E-state index >= 15 is 0 Å². The predicted octanol–water partition coefficient (Wildman–Crippen LogP) is 3.18. The van der Waals surface area contributed by atoms with E-state index in [4.69, 9.17) is 4.42 Å². The molecule has 6 nitrogen and oxygen atoms in total. The molecule has 7 heteroatoms. The number of hydrogen-bond donors (Lipinski definition) is 1. The van der Waals surface area contributed by atoms with Crippen molar-refractivity contribution >= 4 is 15.7 Å². The normalized spacial score (nSPS) is 16.3. The lowest BCUT2D eigenvalue weighted by Gasteiger charge is -2.26. The molecule has 1 fully saturated rings. The van der Waals surface area contributed by atoms with Crippen LogP contribution in [0.5, 0.6) is 0 Å². The highest BCUT2D eigenvalue weighted by atomic mass is 32.2. The van der Waals surface area contributed by atoms with E-state index in [0.29, 0.717) is 12.1 Å². The van der Waals surface area contributed by atoms with Gasteiger partial charge in [-0.05, 0) is 82.1 Å². The van der Waals surface area contributed by atoms with Gasteiger partial charge in [-0.3, -0.25) is 9.69 Å². The molecule has 0 spiro atoms. The van der Waals surface area contributed by atoms with Crippen LogP contribution in [0.25, 0.3) is 0 Å². The van der Waals surface area contributed by atoms with E-state index in [1.165, 1.54) is 6.07 Å². The molecule has 1 aliphatic rings. The molecular weight excluding hydrogens is 376 g/mol. The zero-order chi connectivity index (χ0) is 20.5. The van der Waals surface area contributed by atoms with Crippen LogP contribution < -0.4 is 5.32 Å². The number of aryl methyl sites for hydroxylation is 2. The van der Waals surface area contributed by atoms with Gasteiger partial charge in [-0.25, -0.2) is 8.42 Å². The zero-order valence-corrected chi connectivity index (χ0v) is 17.7. The second-order valence-electron chi connectivity index (χ2n) is 7.60. The Labute approximate surface area is 166 Å². The molecule has 1 amide bonds. The minimum absolute atomic E-state index is 0.0281. The summed E-state index contributed by atoms with van der Waals surface area (Å²) in [6.45, 7) is 7.92. The number of nitrogens with one attached hydrogen (secondary N) is 1. The standard InChI is InChI=1S/C21H28N2O4S/c1-14-11-17(28(4,25)26)12-18(16(14)3)21(24)22-13-19(23-9-5-6-10-23)20-8-7-15(2)27-20/h7-8,11-12,19H,5-6,9-10,13H2,1-4H3,(H,22,24). The molecule has 1 aliphatic heterocycles. The average molecular weight is 405 g/mol. The fourth-order valence-electron chi connectivity index (χ4n) is 3.66. The third-order valence-corrected chi connectivity index (χ3v) is 6.53. The van der Waals surface area contributed by atoms with Gasteiger partial charge in [0.1, 0.15) is 11.5 Å². The quantitative estimate of drug-likeness (QED) is 0.800. The van der Waals surface area contributed by atoms with Crippen LogP contribution in [0.15, 0.2) is 33.6 Å². The Morgan fingerprint density at radius 3 is 2.43 bits per heavy atom. The molecule has 1 unspecified atom stereocenters. The highest BCUT2D eigenvalue weighted by molar-refractivity contribution is 7.90. The lowest BCUT2D eigenvalue weighted by molar-refractivity contribution is 0.0932. The fraction of sp³-hybridized carbons (Fsp3) is 0.476. The van der Waals surface area contributed by atoms with Gasteiger partial charge in [0.15, 0.2) is 9.84 Å². The first kappa shape index (κ1) is 20.6. The highest BCUT2D eigenvalue weighted by Crippen LogP contribution is 2.26. The summed E-state index contributed by atoms with van der Waals surface area (Å²) in [4.78, 5) is 15.4. The first-order valence-electron chi connectivity index (χ1n) is 9.56. The van der Waals surface area contributed by atoms with Gasteiger partial charge in [0.05, 0.1) is 10.9 Å². The van der Waals surface area contributed by atoms with Crippen molar-refractivity contribution < 1.29 is 17.6 Å². The summed E-state index contributed by atoms with van der Waals surface area (Å²) in [6, 6.07) is 6.95. The summed E-state index contributed by atoms with van der Waals surface area (Å²) < 4.78 is 29.7. The lowest BCUT2D eigenvalue weighted by Crippen LogP contribution is -2.37. The number of nitrogens with zero attached hydrogens (tertiary/aromatic N) is 1. The topological polar surface area (TPSA) is 79.6 Å². The molecule has 28 heavy (non-hydrogen) atoms. The molecule has 3 rings (SSSR count). The van der Waals surface area contributed by atoms with Gasteiger partial charge in [0.2, 0.25) is 0 Å². The number of amides is 1. The Balaban J connectivity index is 1.82. The number of benzene rings is 1. The summed E-state index contributed by atoms with van der Waals surface area (Å²) >= 11 is 0. The summed E-state index contributed by atoms with van der Waals surface area (Å²) in [5, 5.41) is 2.99. The Kier molecular flexibility index (Phi) is 5.95. The number of rotatable bonds is 6. The zero-order valence-electron chi connectivity index (χ0n) is 16.9. The van der Waals surface area contributed by atoms with Crippen LogP contribution in [0, 0.1) is 20.8 Å². The van der Waals surface area contributed by atoms with Crippen LogP contribution >= 0.6 is 0 Å². The Morgan fingerprint density at radius 2 is 1.86 bits per heavy atom. The van der Waals surface area contributed by atoms with E-state index in [9.17, 15) is 13.2 Å². The largest absolute Gasteiger partial charge is 0.465 e. The molecule has 2 aromatic rings. The molecule has 1 atom stereocenters. The van der Waals surface area contributed by atoms with Crippen LogP contribution in [0.4, 0.5) is 0 Å². The number of likely N-dealkylation sites (tertiary alicyclic amines) is 1. The summed E-state index contributed by atoms with van der Waals surface area (Å²) in [5.41, 5.74) is 1.97. The number of hydrogen-bond acceptors (Lipinski definition) is 5. The van der Waals surface area contributed by atoms with E-state index in [1.54, 1.807) is 6.07 Å². The first-order valence-corrected chi connectivity index (χ1v) is 11.5. The number of carbonyl (C=O) groups is 1. The third kappa shape index (κ3) is 4.47. The molecule has 152 valence electrons. The minimum atomic E-state index is -3.39. The maximum atomic E-state index is 12.9. The SMILES string of the molecule is Cc1ccc(C(CNC(=O)c2cc(S(C)(=O)=O)cc(C)c2C)N2CCCC2)o1. The maximum absolute atomic E-state index is 12.9. The molecule has 0 radical (unpaired) electrons. The molecule has 1 N–H and O–H groups in total. The summed E-state index contributed by atoms with van der Waals surface area (Å²) in [7, 11) is -3.39. The van der Waals surface area contributed by atoms with Crippen molar-refractivity contribution in [2.75, 3.05) is 25.9 Å². The van der Waals surface area contributed by atoms with Crippen molar-refractivity contribution in [3.8, 4) is 0 Å². The van der Waals surface area contributed by atoms with Gasteiger partial charge in [0, 0.05) is 18.4 Å². The number of sulfone groups is 1. The lowest BCUT2D eigenvalue weighted by atomic mass is 10.0. The van der Waals surface area contributed by atoms with Gasteiger partial charge >= 0.3 is 0 Å². The van der Waals surface area contributed by atoms with E-state index in [-0.39, 0.29) is 16.8 Å². The molecular formula is C21H28N2O4S. The van der Waals surface area contributed by atoms with Crippen LogP contribution in [-0.2, 0) is 9.84 Å².